The Morgan fingerprint density at radius 2 is 1.41 bits per heavy atom. The van der Waals surface area contributed by atoms with Gasteiger partial charge in [-0.25, -0.2) is 0 Å². The first kappa shape index (κ1) is 23.0. The molecule has 8 heteroatoms. The number of carbonyl (C=O) groups excluding carboxylic acids is 2. The lowest BCUT2D eigenvalue weighted by Crippen LogP contribution is -2.38. The van der Waals surface area contributed by atoms with Crippen molar-refractivity contribution >= 4 is 11.8 Å². The van der Waals surface area contributed by atoms with Crippen LogP contribution in [0.3, 0.4) is 0 Å². The topological polar surface area (TPSA) is 78.4 Å². The van der Waals surface area contributed by atoms with Gasteiger partial charge in [0.2, 0.25) is 5.91 Å². The van der Waals surface area contributed by atoms with Crippen LogP contribution >= 0.6 is 0 Å². The largest absolute Gasteiger partial charge is 0.416 e. The third-order valence-electron chi connectivity index (χ3n) is 4.78. The highest BCUT2D eigenvalue weighted by atomic mass is 19.4. The third-order valence-corrected chi connectivity index (χ3v) is 4.78. The molecule has 3 rings (SSSR count). The van der Waals surface area contributed by atoms with Crippen molar-refractivity contribution < 1.29 is 27.9 Å². The van der Waals surface area contributed by atoms with Crippen molar-refractivity contribution in [2.24, 2.45) is 0 Å². The number of benzene rings is 3. The zero-order chi connectivity index (χ0) is 23.1. The van der Waals surface area contributed by atoms with E-state index in [-0.39, 0.29) is 12.1 Å². The minimum atomic E-state index is -4.62. The molecule has 1 atom stereocenters. The van der Waals surface area contributed by atoms with Gasteiger partial charge >= 0.3 is 6.18 Å². The first-order chi connectivity index (χ1) is 15.3. The summed E-state index contributed by atoms with van der Waals surface area (Å²) in [6.45, 7) is -0.805. The van der Waals surface area contributed by atoms with E-state index < -0.39 is 36.2 Å². The van der Waals surface area contributed by atoms with E-state index in [0.29, 0.717) is 5.56 Å². The molecule has 0 heterocycles. The van der Waals surface area contributed by atoms with Gasteiger partial charge in [-0.1, -0.05) is 60.7 Å². The summed E-state index contributed by atoms with van der Waals surface area (Å²) in [7, 11) is 0. The number of aliphatic hydroxyl groups excluding tert-OH is 1. The van der Waals surface area contributed by atoms with Crippen molar-refractivity contribution in [3.05, 3.63) is 95.6 Å². The van der Waals surface area contributed by atoms with E-state index in [0.717, 1.165) is 23.3 Å². The Balaban J connectivity index is 1.50. The van der Waals surface area contributed by atoms with Gasteiger partial charge in [-0.2, -0.15) is 13.2 Å². The molecule has 0 aliphatic carbocycles. The second kappa shape index (κ2) is 10.1. The van der Waals surface area contributed by atoms with Gasteiger partial charge < -0.3 is 15.7 Å². The van der Waals surface area contributed by atoms with Crippen LogP contribution < -0.4 is 10.6 Å². The maximum atomic E-state index is 13.1. The monoisotopic (exact) mass is 442 g/mol. The fraction of sp³-hybridized carbons (Fsp3) is 0.167. The number of halogens is 3. The fourth-order valence-corrected chi connectivity index (χ4v) is 3.14. The van der Waals surface area contributed by atoms with E-state index in [2.05, 4.69) is 10.6 Å². The summed E-state index contributed by atoms with van der Waals surface area (Å²) in [5.41, 5.74) is 1.01. The number of amides is 2. The van der Waals surface area contributed by atoms with Crippen LogP contribution in [0.4, 0.5) is 13.2 Å². The van der Waals surface area contributed by atoms with Crippen molar-refractivity contribution in [1.82, 2.24) is 10.6 Å². The predicted molar refractivity (Wildman–Crippen MR) is 114 cm³/mol. The van der Waals surface area contributed by atoms with Crippen LogP contribution in [0, 0.1) is 0 Å². The fourth-order valence-electron chi connectivity index (χ4n) is 3.14. The zero-order valence-electron chi connectivity index (χ0n) is 16.9. The Morgan fingerprint density at radius 3 is 2.06 bits per heavy atom. The molecule has 3 aromatic carbocycles. The number of hydrogen-bond donors (Lipinski definition) is 3. The van der Waals surface area contributed by atoms with Crippen LogP contribution in [0.1, 0.15) is 27.6 Å². The maximum absolute atomic E-state index is 13.1. The van der Waals surface area contributed by atoms with Gasteiger partial charge in [0.15, 0.2) is 0 Å². The standard InChI is InChI=1S/C24H21F3N2O3/c25-24(26,27)20-9-5-4-8-19(20)21(30)14-28-22(31)15-29-23(32)18-12-10-17(11-13-18)16-6-2-1-3-7-16/h1-13,21,30H,14-15H2,(H,28,31)(H,29,32). The lowest BCUT2D eigenvalue weighted by Gasteiger charge is -2.18. The Kier molecular flexibility index (Phi) is 7.27. The summed E-state index contributed by atoms with van der Waals surface area (Å²) in [5, 5.41) is 14.9. The highest BCUT2D eigenvalue weighted by molar-refractivity contribution is 5.96. The minimum absolute atomic E-state index is 0.331. The molecule has 0 aliphatic heterocycles. The minimum Gasteiger partial charge on any atom is -0.387 e. The molecular formula is C24H21F3N2O3. The molecule has 3 aromatic rings. The van der Waals surface area contributed by atoms with Crippen molar-refractivity contribution in [1.29, 1.82) is 0 Å². The second-order valence-electron chi connectivity index (χ2n) is 7.03. The van der Waals surface area contributed by atoms with E-state index >= 15 is 0 Å². The Morgan fingerprint density at radius 1 is 0.812 bits per heavy atom. The van der Waals surface area contributed by atoms with Gasteiger partial charge in [-0.3, -0.25) is 9.59 Å². The molecule has 0 bridgehead atoms. The van der Waals surface area contributed by atoms with E-state index in [4.69, 9.17) is 0 Å². The molecular weight excluding hydrogens is 421 g/mol. The molecule has 0 aromatic heterocycles. The number of hydrogen-bond acceptors (Lipinski definition) is 3. The summed E-state index contributed by atoms with van der Waals surface area (Å²) < 4.78 is 39.2. The van der Waals surface area contributed by atoms with Gasteiger partial charge in [-0.05, 0) is 34.9 Å². The number of carbonyl (C=O) groups is 2. The van der Waals surface area contributed by atoms with Crippen molar-refractivity contribution in [3.63, 3.8) is 0 Å². The van der Waals surface area contributed by atoms with E-state index in [1.54, 1.807) is 24.3 Å². The van der Waals surface area contributed by atoms with Crippen molar-refractivity contribution in [2.75, 3.05) is 13.1 Å². The highest BCUT2D eigenvalue weighted by Gasteiger charge is 2.34. The molecule has 5 nitrogen and oxygen atoms in total. The van der Waals surface area contributed by atoms with Gasteiger partial charge in [0.1, 0.15) is 0 Å². The summed E-state index contributed by atoms with van der Waals surface area (Å²) in [6, 6.07) is 21.1. The molecule has 0 spiro atoms. The maximum Gasteiger partial charge on any atom is 0.416 e. The molecule has 166 valence electrons. The summed E-state index contributed by atoms with van der Waals surface area (Å²) in [5.74, 6) is -1.11. The predicted octanol–water partition coefficient (Wildman–Crippen LogP) is 3.95. The number of aliphatic hydroxyl groups is 1. The second-order valence-corrected chi connectivity index (χ2v) is 7.03. The zero-order valence-corrected chi connectivity index (χ0v) is 16.9. The van der Waals surface area contributed by atoms with Crippen molar-refractivity contribution in [2.45, 2.75) is 12.3 Å². The average molecular weight is 442 g/mol. The average Bonchev–Trinajstić information content (AvgIpc) is 2.81. The Hall–Kier alpha value is -3.65. The van der Waals surface area contributed by atoms with E-state index in [9.17, 15) is 27.9 Å². The smallest absolute Gasteiger partial charge is 0.387 e. The highest BCUT2D eigenvalue weighted by Crippen LogP contribution is 2.34. The molecule has 1 unspecified atom stereocenters. The molecule has 0 aliphatic rings. The first-order valence-electron chi connectivity index (χ1n) is 9.80. The molecule has 32 heavy (non-hydrogen) atoms. The number of rotatable bonds is 7. The van der Waals surface area contributed by atoms with E-state index in [1.165, 1.54) is 12.1 Å². The quantitative estimate of drug-likeness (QED) is 0.519. The number of alkyl halides is 3. The van der Waals surface area contributed by atoms with Crippen LogP contribution in [0.2, 0.25) is 0 Å². The van der Waals surface area contributed by atoms with Gasteiger partial charge in [0, 0.05) is 12.1 Å². The summed E-state index contributed by atoms with van der Waals surface area (Å²) in [4.78, 5) is 24.2. The normalized spacial score (nSPS) is 12.1. The lowest BCUT2D eigenvalue weighted by molar-refractivity contribution is -0.139. The van der Waals surface area contributed by atoms with Crippen LogP contribution in [-0.4, -0.2) is 30.0 Å². The summed E-state index contributed by atoms with van der Waals surface area (Å²) >= 11 is 0. The van der Waals surface area contributed by atoms with Gasteiger partial charge in [-0.15, -0.1) is 0 Å². The molecule has 0 fully saturated rings. The molecule has 2 amide bonds. The molecule has 0 radical (unpaired) electrons. The Bertz CT molecular complexity index is 1070. The molecule has 0 saturated carbocycles. The van der Waals surface area contributed by atoms with Crippen molar-refractivity contribution in [3.8, 4) is 11.1 Å². The van der Waals surface area contributed by atoms with E-state index in [1.807, 2.05) is 30.3 Å². The van der Waals surface area contributed by atoms with Crippen LogP contribution in [0.5, 0.6) is 0 Å². The Labute approximate surface area is 182 Å². The number of nitrogens with one attached hydrogen (secondary N) is 2. The SMILES string of the molecule is O=C(CNC(=O)c1ccc(-c2ccccc2)cc1)NCC(O)c1ccccc1C(F)(F)F. The van der Waals surface area contributed by atoms with Gasteiger partial charge in [0.05, 0.1) is 18.2 Å². The molecule has 0 saturated heterocycles. The third kappa shape index (κ3) is 5.95. The lowest BCUT2D eigenvalue weighted by atomic mass is 10.0. The first-order valence-corrected chi connectivity index (χ1v) is 9.80. The summed E-state index contributed by atoms with van der Waals surface area (Å²) in [6.07, 6.45) is -6.16. The van der Waals surface area contributed by atoms with Gasteiger partial charge in [0.25, 0.3) is 5.91 Å². The van der Waals surface area contributed by atoms with Crippen LogP contribution in [0.15, 0.2) is 78.9 Å². The molecule has 3 N–H and O–H groups in total. The van der Waals surface area contributed by atoms with Crippen LogP contribution in [-0.2, 0) is 11.0 Å². The van der Waals surface area contributed by atoms with Crippen LogP contribution in [0.25, 0.3) is 11.1 Å².